The van der Waals surface area contributed by atoms with Crippen LogP contribution in [-0.2, 0) is 4.74 Å². The van der Waals surface area contributed by atoms with E-state index in [9.17, 15) is 4.79 Å². The number of aryl methyl sites for hydroxylation is 1. The van der Waals surface area contributed by atoms with Crippen molar-refractivity contribution in [2.45, 2.75) is 16.3 Å². The van der Waals surface area contributed by atoms with Crippen LogP contribution in [0.3, 0.4) is 0 Å². The lowest BCUT2D eigenvalue weighted by atomic mass is 10.5. The number of methoxy groups -OCH3 is 1. The van der Waals surface area contributed by atoms with Crippen molar-refractivity contribution in [2.75, 3.05) is 7.11 Å². The number of aromatic nitrogens is 3. The number of rotatable bonds is 3. The van der Waals surface area contributed by atoms with Gasteiger partial charge in [0.05, 0.1) is 19.5 Å². The Kier molecular flexibility index (Phi) is 3.70. The molecule has 2 aromatic heterocycles. The van der Waals surface area contributed by atoms with Crippen LogP contribution in [0.2, 0.25) is 0 Å². The highest BCUT2D eigenvalue weighted by Gasteiger charge is 2.10. The standard InChI is InChI=1S/C10H9N3O2S2/c1-6-5-16-10(12-6)17-8-4-11-3-7(13-8)9(14)15-2/h3-5H,1-2H3. The van der Waals surface area contributed by atoms with Crippen molar-refractivity contribution in [3.05, 3.63) is 29.2 Å². The fraction of sp³-hybridized carbons (Fsp3) is 0.200. The molecule has 0 spiro atoms. The fourth-order valence-electron chi connectivity index (χ4n) is 1.07. The minimum absolute atomic E-state index is 0.200. The lowest BCUT2D eigenvalue weighted by molar-refractivity contribution is 0.0592. The molecule has 0 aromatic carbocycles. The minimum atomic E-state index is -0.490. The molecule has 0 saturated heterocycles. The quantitative estimate of drug-likeness (QED) is 0.794. The van der Waals surface area contributed by atoms with E-state index in [0.29, 0.717) is 5.03 Å². The van der Waals surface area contributed by atoms with Crippen LogP contribution >= 0.6 is 23.1 Å². The Hall–Kier alpha value is -1.47. The molecule has 0 aliphatic heterocycles. The first kappa shape index (κ1) is 12.0. The highest BCUT2D eigenvalue weighted by atomic mass is 32.2. The van der Waals surface area contributed by atoms with E-state index in [0.717, 1.165) is 10.0 Å². The van der Waals surface area contributed by atoms with Gasteiger partial charge >= 0.3 is 5.97 Å². The number of carbonyl (C=O) groups is 1. The van der Waals surface area contributed by atoms with Gasteiger partial charge in [-0.3, -0.25) is 4.98 Å². The lowest BCUT2D eigenvalue weighted by Gasteiger charge is -2.00. The van der Waals surface area contributed by atoms with Crippen LogP contribution in [0.5, 0.6) is 0 Å². The Balaban J connectivity index is 2.19. The SMILES string of the molecule is COC(=O)c1cncc(Sc2nc(C)cs2)n1. The topological polar surface area (TPSA) is 65.0 Å². The monoisotopic (exact) mass is 267 g/mol. The number of nitrogens with zero attached hydrogens (tertiary/aromatic N) is 3. The Morgan fingerprint density at radius 2 is 2.24 bits per heavy atom. The highest BCUT2D eigenvalue weighted by molar-refractivity contribution is 8.00. The molecule has 0 bridgehead atoms. The second kappa shape index (κ2) is 5.24. The molecule has 0 amide bonds. The first-order valence-electron chi connectivity index (χ1n) is 4.69. The molecule has 2 rings (SSSR count). The van der Waals surface area contributed by atoms with Crippen molar-refractivity contribution in [2.24, 2.45) is 0 Å². The van der Waals surface area contributed by atoms with Crippen LogP contribution in [0.15, 0.2) is 27.1 Å². The third kappa shape index (κ3) is 3.01. The van der Waals surface area contributed by atoms with E-state index in [1.807, 2.05) is 12.3 Å². The Morgan fingerprint density at radius 3 is 2.88 bits per heavy atom. The minimum Gasteiger partial charge on any atom is -0.464 e. The Labute approximate surface area is 106 Å². The van der Waals surface area contributed by atoms with Gasteiger partial charge in [0.25, 0.3) is 0 Å². The van der Waals surface area contributed by atoms with E-state index >= 15 is 0 Å². The maximum absolute atomic E-state index is 11.3. The van der Waals surface area contributed by atoms with Gasteiger partial charge in [-0.15, -0.1) is 11.3 Å². The van der Waals surface area contributed by atoms with E-state index in [4.69, 9.17) is 0 Å². The number of thiazole rings is 1. The molecule has 0 N–H and O–H groups in total. The number of hydrogen-bond acceptors (Lipinski definition) is 7. The van der Waals surface area contributed by atoms with Crippen molar-refractivity contribution in [3.63, 3.8) is 0 Å². The first-order valence-corrected chi connectivity index (χ1v) is 6.39. The summed E-state index contributed by atoms with van der Waals surface area (Å²) in [5.74, 6) is -0.490. The molecule has 0 unspecified atom stereocenters. The van der Waals surface area contributed by atoms with Crippen molar-refractivity contribution in [1.29, 1.82) is 0 Å². The average molecular weight is 267 g/mol. The van der Waals surface area contributed by atoms with Gasteiger partial charge in [-0.05, 0) is 18.7 Å². The molecule has 2 aromatic rings. The zero-order chi connectivity index (χ0) is 12.3. The van der Waals surface area contributed by atoms with Crippen molar-refractivity contribution in [3.8, 4) is 0 Å². The molecule has 7 heteroatoms. The van der Waals surface area contributed by atoms with Gasteiger partial charge in [0.15, 0.2) is 10.0 Å². The molecule has 0 aliphatic rings. The van der Waals surface area contributed by atoms with Gasteiger partial charge in [0.1, 0.15) is 5.03 Å². The maximum Gasteiger partial charge on any atom is 0.358 e. The summed E-state index contributed by atoms with van der Waals surface area (Å²) in [5.41, 5.74) is 1.17. The van der Waals surface area contributed by atoms with E-state index in [2.05, 4.69) is 19.7 Å². The Bertz CT molecular complexity index is 542. The average Bonchev–Trinajstić information content (AvgIpc) is 2.74. The summed E-state index contributed by atoms with van der Waals surface area (Å²) in [6.45, 7) is 1.93. The predicted molar refractivity (Wildman–Crippen MR) is 64.3 cm³/mol. The second-order valence-electron chi connectivity index (χ2n) is 3.09. The van der Waals surface area contributed by atoms with Gasteiger partial charge in [0, 0.05) is 11.1 Å². The van der Waals surface area contributed by atoms with Crippen LogP contribution in [0.4, 0.5) is 0 Å². The summed E-state index contributed by atoms with van der Waals surface area (Å²) in [6.07, 6.45) is 2.97. The smallest absolute Gasteiger partial charge is 0.358 e. The Morgan fingerprint density at radius 1 is 1.41 bits per heavy atom. The van der Waals surface area contributed by atoms with Gasteiger partial charge in [0.2, 0.25) is 0 Å². The molecule has 0 fully saturated rings. The summed E-state index contributed by atoms with van der Waals surface area (Å²) in [4.78, 5) is 23.7. The highest BCUT2D eigenvalue weighted by Crippen LogP contribution is 2.28. The van der Waals surface area contributed by atoms with E-state index in [-0.39, 0.29) is 5.69 Å². The number of carbonyl (C=O) groups excluding carboxylic acids is 1. The summed E-state index contributed by atoms with van der Waals surface area (Å²) in [5, 5.41) is 2.59. The summed E-state index contributed by atoms with van der Waals surface area (Å²) in [7, 11) is 1.31. The second-order valence-corrected chi connectivity index (χ2v) is 5.22. The number of ether oxygens (including phenoxy) is 1. The van der Waals surface area contributed by atoms with E-state index in [1.165, 1.54) is 36.4 Å². The normalized spacial score (nSPS) is 10.2. The lowest BCUT2D eigenvalue weighted by Crippen LogP contribution is -2.05. The van der Waals surface area contributed by atoms with Crippen LogP contribution in [0, 0.1) is 6.92 Å². The van der Waals surface area contributed by atoms with Crippen LogP contribution in [-0.4, -0.2) is 28.0 Å². The molecule has 0 aliphatic carbocycles. The van der Waals surface area contributed by atoms with Gasteiger partial charge in [-0.2, -0.15) is 0 Å². The number of esters is 1. The fourth-order valence-corrected chi connectivity index (χ4v) is 2.81. The summed E-state index contributed by atoms with van der Waals surface area (Å²) < 4.78 is 5.46. The van der Waals surface area contributed by atoms with E-state index < -0.39 is 5.97 Å². The molecule has 2 heterocycles. The zero-order valence-corrected chi connectivity index (χ0v) is 10.8. The molecule has 0 atom stereocenters. The number of hydrogen-bond donors (Lipinski definition) is 0. The van der Waals surface area contributed by atoms with Gasteiger partial charge in [-0.1, -0.05) is 0 Å². The predicted octanol–water partition coefficient (Wildman–Crippen LogP) is 2.18. The molecule has 0 radical (unpaired) electrons. The summed E-state index contributed by atoms with van der Waals surface area (Å²) >= 11 is 2.91. The molecular formula is C10H9N3O2S2. The molecule has 17 heavy (non-hydrogen) atoms. The molecular weight excluding hydrogens is 258 g/mol. The largest absolute Gasteiger partial charge is 0.464 e. The third-order valence-corrected chi connectivity index (χ3v) is 3.76. The third-order valence-electron chi connectivity index (χ3n) is 1.80. The van der Waals surface area contributed by atoms with Crippen LogP contribution in [0.25, 0.3) is 0 Å². The van der Waals surface area contributed by atoms with Crippen LogP contribution < -0.4 is 0 Å². The van der Waals surface area contributed by atoms with Crippen molar-refractivity contribution >= 4 is 29.1 Å². The first-order chi connectivity index (χ1) is 8.19. The zero-order valence-electron chi connectivity index (χ0n) is 9.21. The van der Waals surface area contributed by atoms with Crippen LogP contribution in [0.1, 0.15) is 16.2 Å². The molecule has 5 nitrogen and oxygen atoms in total. The molecule has 88 valence electrons. The van der Waals surface area contributed by atoms with Crippen molar-refractivity contribution in [1.82, 2.24) is 15.0 Å². The maximum atomic E-state index is 11.3. The van der Waals surface area contributed by atoms with Gasteiger partial charge in [-0.25, -0.2) is 14.8 Å². The van der Waals surface area contributed by atoms with Gasteiger partial charge < -0.3 is 4.74 Å². The summed E-state index contributed by atoms with van der Waals surface area (Å²) in [6, 6.07) is 0. The van der Waals surface area contributed by atoms with Crippen molar-refractivity contribution < 1.29 is 9.53 Å². The van der Waals surface area contributed by atoms with E-state index in [1.54, 1.807) is 6.20 Å². The molecule has 0 saturated carbocycles.